The minimum absolute atomic E-state index is 0.284. The fourth-order valence-corrected chi connectivity index (χ4v) is 2.77. The van der Waals surface area contributed by atoms with Crippen LogP contribution in [0.2, 0.25) is 0 Å². The van der Waals surface area contributed by atoms with Crippen molar-refractivity contribution in [1.82, 2.24) is 49.9 Å². The summed E-state index contributed by atoms with van der Waals surface area (Å²) >= 11 is 0. The summed E-state index contributed by atoms with van der Waals surface area (Å²) in [6, 6.07) is 0.852. The summed E-state index contributed by atoms with van der Waals surface area (Å²) in [5.74, 6) is 0. The fourth-order valence-electron chi connectivity index (χ4n) is 2.77. The molecule has 28 heavy (non-hydrogen) atoms. The zero-order valence-electron chi connectivity index (χ0n) is 17.6. The van der Waals surface area contributed by atoms with E-state index in [0.717, 1.165) is 17.1 Å². The van der Waals surface area contributed by atoms with Gasteiger partial charge in [0.15, 0.2) is 0 Å². The van der Waals surface area contributed by atoms with Gasteiger partial charge in [0.25, 0.3) is 0 Å². The van der Waals surface area contributed by atoms with Crippen LogP contribution in [0, 0.1) is 0 Å². The number of nitrogens with zero attached hydrogens (tertiary/aromatic N) is 10. The first-order valence-corrected chi connectivity index (χ1v) is 9.76. The highest BCUT2D eigenvalue weighted by atomic mass is 15.5. The maximum absolute atomic E-state index is 4.32. The van der Waals surface area contributed by atoms with Crippen molar-refractivity contribution in [2.24, 2.45) is 0 Å². The topological polar surface area (TPSA) is 95.4 Å². The lowest BCUT2D eigenvalue weighted by molar-refractivity contribution is 0.238. The van der Waals surface area contributed by atoms with E-state index in [2.05, 4.69) is 77.4 Å². The van der Waals surface area contributed by atoms with Crippen molar-refractivity contribution in [3.05, 3.63) is 35.7 Å². The van der Waals surface area contributed by atoms with Gasteiger partial charge in [-0.2, -0.15) is 0 Å². The quantitative estimate of drug-likeness (QED) is 0.557. The van der Waals surface area contributed by atoms with E-state index < -0.39 is 0 Å². The summed E-state index contributed by atoms with van der Waals surface area (Å²) in [6.07, 6.45) is 5.98. The molecule has 0 bridgehead atoms. The van der Waals surface area contributed by atoms with Crippen LogP contribution in [0.1, 0.15) is 76.7 Å². The van der Waals surface area contributed by atoms with E-state index in [1.54, 1.807) is 0 Å². The molecule has 3 aromatic rings. The van der Waals surface area contributed by atoms with E-state index in [1.165, 1.54) is 0 Å². The maximum atomic E-state index is 4.32. The van der Waals surface area contributed by atoms with Gasteiger partial charge in [0.1, 0.15) is 0 Å². The molecule has 0 N–H and O–H groups in total. The number of hydrogen-bond acceptors (Lipinski definition) is 7. The summed E-state index contributed by atoms with van der Waals surface area (Å²) in [5, 5.41) is 25.6. The zero-order valence-corrected chi connectivity index (χ0v) is 17.6. The Hall–Kier alpha value is -2.62. The number of rotatable bonds is 9. The van der Waals surface area contributed by atoms with Gasteiger partial charge < -0.3 is 0 Å². The van der Waals surface area contributed by atoms with Crippen LogP contribution in [-0.4, -0.2) is 49.9 Å². The normalized spacial score (nSPS) is 12.2. The lowest BCUT2D eigenvalue weighted by Gasteiger charge is -2.18. The smallest absolute Gasteiger partial charge is 0.0967 e. The maximum Gasteiger partial charge on any atom is 0.0967 e. The first-order valence-electron chi connectivity index (χ1n) is 9.76. The SMILES string of the molecule is CC(C)n1cc(CN(Cc2cn(C(C)C)nn2)Cc2cn(C(C)C)nn2)nn1. The Labute approximate surface area is 165 Å². The van der Waals surface area contributed by atoms with Crippen LogP contribution in [0.5, 0.6) is 0 Å². The van der Waals surface area contributed by atoms with Crippen LogP contribution in [0.4, 0.5) is 0 Å². The van der Waals surface area contributed by atoms with Gasteiger partial charge >= 0.3 is 0 Å². The van der Waals surface area contributed by atoms with E-state index in [4.69, 9.17) is 0 Å². The molecule has 0 atom stereocenters. The summed E-state index contributed by atoms with van der Waals surface area (Å²) in [5.41, 5.74) is 2.75. The molecule has 10 heteroatoms. The first kappa shape index (κ1) is 20.1. The van der Waals surface area contributed by atoms with Crippen LogP contribution < -0.4 is 0 Å². The summed E-state index contributed by atoms with van der Waals surface area (Å²) < 4.78 is 5.62. The molecule has 0 saturated heterocycles. The molecule has 0 aromatic carbocycles. The molecule has 0 saturated carbocycles. The van der Waals surface area contributed by atoms with E-state index in [1.807, 2.05) is 32.6 Å². The highest BCUT2D eigenvalue weighted by molar-refractivity contribution is 5.00. The summed E-state index contributed by atoms with van der Waals surface area (Å²) in [7, 11) is 0. The molecule has 10 nitrogen and oxygen atoms in total. The van der Waals surface area contributed by atoms with Crippen molar-refractivity contribution < 1.29 is 0 Å². The molecule has 0 aliphatic carbocycles. The van der Waals surface area contributed by atoms with Crippen LogP contribution in [0.15, 0.2) is 18.6 Å². The Kier molecular flexibility index (Phi) is 6.18. The van der Waals surface area contributed by atoms with Crippen molar-refractivity contribution in [2.75, 3.05) is 0 Å². The highest BCUT2D eigenvalue weighted by Crippen LogP contribution is 2.13. The van der Waals surface area contributed by atoms with Gasteiger partial charge in [-0.1, -0.05) is 15.6 Å². The summed E-state index contributed by atoms with van der Waals surface area (Å²) in [6.45, 7) is 14.5. The van der Waals surface area contributed by atoms with Crippen molar-refractivity contribution in [1.29, 1.82) is 0 Å². The standard InChI is InChI=1S/C18H30N10/c1-13(2)26-10-16(19-22-26)7-25(8-17-11-27(14(3)4)23-20-17)9-18-12-28(15(5)6)24-21-18/h10-15H,7-9H2,1-6H3. The Morgan fingerprint density at radius 3 is 1.11 bits per heavy atom. The van der Waals surface area contributed by atoms with Crippen molar-refractivity contribution >= 4 is 0 Å². The third-order valence-corrected chi connectivity index (χ3v) is 4.42. The Morgan fingerprint density at radius 1 is 0.607 bits per heavy atom. The second-order valence-electron chi connectivity index (χ2n) is 8.00. The van der Waals surface area contributed by atoms with E-state index in [0.29, 0.717) is 19.6 Å². The van der Waals surface area contributed by atoms with E-state index in [-0.39, 0.29) is 18.1 Å². The second kappa shape index (κ2) is 8.59. The zero-order chi connectivity index (χ0) is 20.3. The van der Waals surface area contributed by atoms with Gasteiger partial charge in [-0.05, 0) is 41.5 Å². The minimum atomic E-state index is 0.284. The average Bonchev–Trinajstić information content (AvgIpc) is 3.35. The molecule has 0 aliphatic rings. The predicted octanol–water partition coefficient (Wildman–Crippen LogP) is 2.41. The monoisotopic (exact) mass is 386 g/mol. The third-order valence-electron chi connectivity index (χ3n) is 4.42. The molecule has 152 valence electrons. The van der Waals surface area contributed by atoms with Crippen molar-refractivity contribution in [2.45, 2.75) is 79.3 Å². The molecule has 3 rings (SSSR count). The van der Waals surface area contributed by atoms with Gasteiger partial charge in [0.05, 0.1) is 35.7 Å². The summed E-state index contributed by atoms with van der Waals surface area (Å²) in [4.78, 5) is 2.23. The van der Waals surface area contributed by atoms with Crippen molar-refractivity contribution in [3.8, 4) is 0 Å². The molecule has 0 spiro atoms. The van der Waals surface area contributed by atoms with Gasteiger partial charge in [-0.3, -0.25) is 4.90 Å². The molecule has 0 amide bonds. The first-order chi connectivity index (χ1) is 13.3. The number of aromatic nitrogens is 9. The van der Waals surface area contributed by atoms with Crippen LogP contribution in [0.3, 0.4) is 0 Å². The Balaban J connectivity index is 1.76. The molecule has 0 aliphatic heterocycles. The largest absolute Gasteiger partial charge is 0.285 e. The van der Waals surface area contributed by atoms with E-state index >= 15 is 0 Å². The highest BCUT2D eigenvalue weighted by Gasteiger charge is 2.16. The molecule has 0 unspecified atom stereocenters. The average molecular weight is 387 g/mol. The van der Waals surface area contributed by atoms with Gasteiger partial charge in [-0.25, -0.2) is 14.0 Å². The van der Waals surface area contributed by atoms with Crippen LogP contribution in [-0.2, 0) is 19.6 Å². The molecule has 0 radical (unpaired) electrons. The van der Waals surface area contributed by atoms with Crippen molar-refractivity contribution in [3.63, 3.8) is 0 Å². The van der Waals surface area contributed by atoms with Gasteiger partial charge in [0, 0.05) is 37.8 Å². The van der Waals surface area contributed by atoms with E-state index in [9.17, 15) is 0 Å². The number of hydrogen-bond donors (Lipinski definition) is 0. The minimum Gasteiger partial charge on any atom is -0.285 e. The Morgan fingerprint density at radius 2 is 0.893 bits per heavy atom. The third kappa shape index (κ3) is 5.00. The predicted molar refractivity (Wildman–Crippen MR) is 104 cm³/mol. The lowest BCUT2D eigenvalue weighted by Crippen LogP contribution is -2.23. The molecule has 3 aromatic heterocycles. The molecule has 3 heterocycles. The second-order valence-corrected chi connectivity index (χ2v) is 8.00. The van der Waals surface area contributed by atoms with Crippen LogP contribution >= 0.6 is 0 Å². The Bertz CT molecular complexity index is 758. The van der Waals surface area contributed by atoms with Crippen LogP contribution in [0.25, 0.3) is 0 Å². The molecular weight excluding hydrogens is 356 g/mol. The molecule has 0 fully saturated rings. The molecular formula is C18H30N10. The van der Waals surface area contributed by atoms with Gasteiger partial charge in [0.2, 0.25) is 0 Å². The lowest BCUT2D eigenvalue weighted by atomic mass is 10.3. The van der Waals surface area contributed by atoms with Gasteiger partial charge in [-0.15, -0.1) is 15.3 Å². The fraction of sp³-hybridized carbons (Fsp3) is 0.667.